The number of amides is 1. The van der Waals surface area contributed by atoms with Crippen molar-refractivity contribution in [3.05, 3.63) is 47.8 Å². The lowest BCUT2D eigenvalue weighted by molar-refractivity contribution is 0.0827. The van der Waals surface area contributed by atoms with Gasteiger partial charge in [0.15, 0.2) is 5.96 Å². The molecule has 3 rings (SSSR count). The number of aliphatic imine (C=N–C) groups is 1. The first-order valence-corrected chi connectivity index (χ1v) is 11.0. The summed E-state index contributed by atoms with van der Waals surface area (Å²) in [6.07, 6.45) is 7.04. The van der Waals surface area contributed by atoms with Gasteiger partial charge in [0.05, 0.1) is 11.9 Å². The molecule has 1 atom stereocenters. The van der Waals surface area contributed by atoms with E-state index in [0.717, 1.165) is 50.4 Å². The molecule has 0 radical (unpaired) electrons. The van der Waals surface area contributed by atoms with Gasteiger partial charge in [0, 0.05) is 65.1 Å². The molecule has 2 heterocycles. The van der Waals surface area contributed by atoms with Crippen LogP contribution < -0.4 is 15.5 Å². The van der Waals surface area contributed by atoms with Gasteiger partial charge in [0.1, 0.15) is 0 Å². The Labute approximate surface area is 208 Å². The van der Waals surface area contributed by atoms with Gasteiger partial charge in [0.2, 0.25) is 0 Å². The summed E-state index contributed by atoms with van der Waals surface area (Å²) in [4.78, 5) is 20.9. The predicted molar refractivity (Wildman–Crippen MR) is 141 cm³/mol. The Hall–Kier alpha value is -2.30. The summed E-state index contributed by atoms with van der Waals surface area (Å²) in [5.74, 6) is 0.872. The summed E-state index contributed by atoms with van der Waals surface area (Å²) in [5.41, 5.74) is 3.00. The Kier molecular flexibility index (Phi) is 10.3. The fourth-order valence-electron chi connectivity index (χ4n) is 3.83. The first-order chi connectivity index (χ1) is 15.0. The summed E-state index contributed by atoms with van der Waals surface area (Å²) >= 11 is 0. The van der Waals surface area contributed by atoms with E-state index in [4.69, 9.17) is 4.99 Å². The number of rotatable bonds is 7. The second-order valence-electron chi connectivity index (χ2n) is 8.21. The van der Waals surface area contributed by atoms with Crippen molar-refractivity contribution < 1.29 is 4.79 Å². The SMILES string of the molecule is CCNC(=NCCc1cccc(C(=O)N(C)C)c1)NC1CCCN(c2cnn(C)c2)C1.I. The van der Waals surface area contributed by atoms with Crippen molar-refractivity contribution in [2.45, 2.75) is 32.2 Å². The minimum Gasteiger partial charge on any atom is -0.367 e. The van der Waals surface area contributed by atoms with Gasteiger partial charge in [-0.15, -0.1) is 24.0 Å². The molecule has 0 aliphatic carbocycles. The van der Waals surface area contributed by atoms with E-state index in [1.807, 2.05) is 36.1 Å². The van der Waals surface area contributed by atoms with E-state index in [1.54, 1.807) is 19.0 Å². The highest BCUT2D eigenvalue weighted by atomic mass is 127. The molecule has 1 aromatic carbocycles. The number of aryl methyl sites for hydroxylation is 1. The molecule has 1 fully saturated rings. The maximum atomic E-state index is 12.2. The van der Waals surface area contributed by atoms with E-state index in [-0.39, 0.29) is 29.9 Å². The smallest absolute Gasteiger partial charge is 0.253 e. The lowest BCUT2D eigenvalue weighted by atomic mass is 10.1. The molecule has 1 aliphatic heterocycles. The van der Waals surface area contributed by atoms with E-state index < -0.39 is 0 Å². The quantitative estimate of drug-likeness (QED) is 0.313. The number of aromatic nitrogens is 2. The number of nitrogens with zero attached hydrogens (tertiary/aromatic N) is 5. The highest BCUT2D eigenvalue weighted by Crippen LogP contribution is 2.19. The zero-order valence-electron chi connectivity index (χ0n) is 19.5. The zero-order chi connectivity index (χ0) is 22.2. The number of halogens is 1. The van der Waals surface area contributed by atoms with Gasteiger partial charge in [-0.05, 0) is 43.9 Å². The van der Waals surface area contributed by atoms with Crippen LogP contribution in [0, 0.1) is 0 Å². The van der Waals surface area contributed by atoms with Crippen LogP contribution in [0.15, 0.2) is 41.7 Å². The van der Waals surface area contributed by atoms with Gasteiger partial charge in [0.25, 0.3) is 5.91 Å². The molecule has 0 bridgehead atoms. The van der Waals surface area contributed by atoms with Crippen LogP contribution in [0.2, 0.25) is 0 Å². The Bertz CT molecular complexity index is 896. The van der Waals surface area contributed by atoms with Crippen molar-refractivity contribution >= 4 is 41.5 Å². The molecule has 1 amide bonds. The van der Waals surface area contributed by atoms with Crippen LogP contribution in [0.4, 0.5) is 5.69 Å². The van der Waals surface area contributed by atoms with Crippen molar-refractivity contribution in [1.29, 1.82) is 0 Å². The normalized spacial score (nSPS) is 16.3. The maximum Gasteiger partial charge on any atom is 0.253 e. The van der Waals surface area contributed by atoms with Crippen LogP contribution in [0.1, 0.15) is 35.7 Å². The molecule has 176 valence electrons. The van der Waals surface area contributed by atoms with E-state index in [1.165, 1.54) is 5.69 Å². The molecule has 0 saturated carbocycles. The number of anilines is 1. The third-order valence-electron chi connectivity index (χ3n) is 5.41. The van der Waals surface area contributed by atoms with Crippen molar-refractivity contribution in [3.63, 3.8) is 0 Å². The Balaban J connectivity index is 0.00000363. The summed E-state index contributed by atoms with van der Waals surface area (Å²) in [7, 11) is 5.49. The second-order valence-corrected chi connectivity index (χ2v) is 8.21. The van der Waals surface area contributed by atoms with Gasteiger partial charge in [-0.1, -0.05) is 12.1 Å². The summed E-state index contributed by atoms with van der Waals surface area (Å²) in [6.45, 7) is 5.55. The van der Waals surface area contributed by atoms with Crippen molar-refractivity contribution in [3.8, 4) is 0 Å². The molecule has 9 heteroatoms. The van der Waals surface area contributed by atoms with Gasteiger partial charge in [-0.3, -0.25) is 14.5 Å². The predicted octanol–water partition coefficient (Wildman–Crippen LogP) is 2.51. The molecule has 2 aromatic rings. The maximum absolute atomic E-state index is 12.2. The van der Waals surface area contributed by atoms with Gasteiger partial charge >= 0.3 is 0 Å². The van der Waals surface area contributed by atoms with Crippen molar-refractivity contribution in [2.24, 2.45) is 12.0 Å². The molecule has 0 spiro atoms. The second kappa shape index (κ2) is 12.7. The lowest BCUT2D eigenvalue weighted by Crippen LogP contribution is -2.51. The third kappa shape index (κ3) is 7.39. The largest absolute Gasteiger partial charge is 0.367 e. The van der Waals surface area contributed by atoms with E-state index in [2.05, 4.69) is 39.8 Å². The number of carbonyl (C=O) groups is 1. The topological polar surface area (TPSA) is 77.8 Å². The fourth-order valence-corrected chi connectivity index (χ4v) is 3.83. The molecule has 1 unspecified atom stereocenters. The summed E-state index contributed by atoms with van der Waals surface area (Å²) in [6, 6.07) is 8.15. The standard InChI is InChI=1S/C23H35N7O.HI/c1-5-24-23(25-12-11-18-8-6-9-19(14-18)22(31)28(2)3)27-20-10-7-13-30(16-20)21-15-26-29(4)17-21;/h6,8-9,14-15,17,20H,5,7,10-13,16H2,1-4H3,(H2,24,25,27);1H. The Morgan fingerprint density at radius 3 is 2.84 bits per heavy atom. The lowest BCUT2D eigenvalue weighted by Gasteiger charge is -2.34. The molecule has 1 aromatic heterocycles. The van der Waals surface area contributed by atoms with Crippen LogP contribution in [0.25, 0.3) is 0 Å². The van der Waals surface area contributed by atoms with Crippen LogP contribution >= 0.6 is 24.0 Å². The zero-order valence-corrected chi connectivity index (χ0v) is 21.9. The first kappa shape index (κ1) is 26.0. The summed E-state index contributed by atoms with van der Waals surface area (Å²) < 4.78 is 1.85. The number of hydrogen-bond acceptors (Lipinski definition) is 4. The van der Waals surface area contributed by atoms with Crippen LogP contribution in [-0.4, -0.2) is 72.9 Å². The minimum atomic E-state index is 0. The van der Waals surface area contributed by atoms with E-state index in [0.29, 0.717) is 18.2 Å². The average Bonchev–Trinajstić information content (AvgIpc) is 3.20. The number of piperidine rings is 1. The Morgan fingerprint density at radius 2 is 2.16 bits per heavy atom. The number of carbonyl (C=O) groups excluding carboxylic acids is 1. The molecule has 32 heavy (non-hydrogen) atoms. The van der Waals surface area contributed by atoms with Crippen LogP contribution in [-0.2, 0) is 13.5 Å². The van der Waals surface area contributed by atoms with Gasteiger partial charge in [-0.25, -0.2) is 0 Å². The highest BCUT2D eigenvalue weighted by molar-refractivity contribution is 14.0. The molecule has 1 saturated heterocycles. The highest BCUT2D eigenvalue weighted by Gasteiger charge is 2.21. The monoisotopic (exact) mass is 553 g/mol. The number of hydrogen-bond donors (Lipinski definition) is 2. The van der Waals surface area contributed by atoms with Crippen molar-refractivity contribution in [2.75, 3.05) is 45.2 Å². The number of nitrogens with one attached hydrogen (secondary N) is 2. The van der Waals surface area contributed by atoms with Crippen LogP contribution in [0.3, 0.4) is 0 Å². The van der Waals surface area contributed by atoms with Crippen molar-refractivity contribution in [1.82, 2.24) is 25.3 Å². The number of benzene rings is 1. The average molecular weight is 553 g/mol. The third-order valence-corrected chi connectivity index (χ3v) is 5.41. The van der Waals surface area contributed by atoms with Gasteiger partial charge in [-0.2, -0.15) is 5.10 Å². The van der Waals surface area contributed by atoms with Gasteiger partial charge < -0.3 is 20.4 Å². The van der Waals surface area contributed by atoms with E-state index >= 15 is 0 Å². The molecular formula is C23H36IN7O. The fraction of sp³-hybridized carbons (Fsp3) is 0.522. The van der Waals surface area contributed by atoms with E-state index in [9.17, 15) is 4.79 Å². The number of guanidine groups is 1. The minimum absolute atomic E-state index is 0. The Morgan fingerprint density at radius 1 is 1.34 bits per heavy atom. The molecule has 2 N–H and O–H groups in total. The van der Waals surface area contributed by atoms with Crippen LogP contribution in [0.5, 0.6) is 0 Å². The molecule has 1 aliphatic rings. The molecule has 8 nitrogen and oxygen atoms in total. The molecular weight excluding hydrogens is 517 g/mol. The first-order valence-electron chi connectivity index (χ1n) is 11.0. The summed E-state index contributed by atoms with van der Waals surface area (Å²) in [5, 5.41) is 11.3.